The zero-order chi connectivity index (χ0) is 22.4. The van der Waals surface area contributed by atoms with E-state index in [1.807, 2.05) is 0 Å². The van der Waals surface area contributed by atoms with Crippen LogP contribution in [0.5, 0.6) is 0 Å². The van der Waals surface area contributed by atoms with Gasteiger partial charge in [0.1, 0.15) is 0 Å². The fraction of sp³-hybridized carbons (Fsp3) is 0.893. The fourth-order valence-corrected chi connectivity index (χ4v) is 8.46. The topological polar surface area (TPSA) is 46.5 Å². The van der Waals surface area contributed by atoms with Crippen LogP contribution in [-0.4, -0.2) is 29.7 Å². The van der Waals surface area contributed by atoms with Gasteiger partial charge in [-0.05, 0) is 125 Å². The highest BCUT2D eigenvalue weighted by Crippen LogP contribution is 2.68. The number of carbonyl (C=O) groups is 1. The van der Waals surface area contributed by atoms with Gasteiger partial charge in [-0.1, -0.05) is 19.4 Å². The lowest BCUT2D eigenvalue weighted by Crippen LogP contribution is -2.53. The predicted octanol–water partition coefficient (Wildman–Crippen LogP) is 6.34. The lowest BCUT2D eigenvalue weighted by atomic mass is 9.44. The van der Waals surface area contributed by atoms with Gasteiger partial charge in [-0.15, -0.1) is 0 Å². The Labute approximate surface area is 190 Å². The van der Waals surface area contributed by atoms with E-state index in [1.54, 1.807) is 0 Å². The summed E-state index contributed by atoms with van der Waals surface area (Å²) in [5.74, 6) is 3.99. The molecule has 0 spiro atoms. The molecule has 0 aromatic rings. The Bertz CT molecular complexity index is 704. The summed E-state index contributed by atoms with van der Waals surface area (Å²) in [5, 5.41) is 9.69. The number of aliphatic hydroxyl groups is 1. The summed E-state index contributed by atoms with van der Waals surface area (Å²) in [6.07, 6.45) is 13.5. The summed E-state index contributed by atoms with van der Waals surface area (Å²) < 4.78 is 6.06. The van der Waals surface area contributed by atoms with Crippen LogP contribution in [0.25, 0.3) is 0 Å². The van der Waals surface area contributed by atoms with E-state index in [9.17, 15) is 9.90 Å². The van der Waals surface area contributed by atoms with Crippen molar-refractivity contribution >= 4 is 5.78 Å². The molecule has 3 heteroatoms. The van der Waals surface area contributed by atoms with E-state index in [4.69, 9.17) is 4.74 Å². The summed E-state index contributed by atoms with van der Waals surface area (Å²) in [4.78, 5) is 12.3. The van der Waals surface area contributed by atoms with Gasteiger partial charge >= 0.3 is 0 Å². The molecule has 7 atom stereocenters. The van der Waals surface area contributed by atoms with Crippen molar-refractivity contribution in [2.24, 2.45) is 40.4 Å². The highest BCUT2D eigenvalue weighted by molar-refractivity contribution is 5.91. The van der Waals surface area contributed by atoms with Crippen LogP contribution in [0.2, 0.25) is 0 Å². The van der Waals surface area contributed by atoms with Gasteiger partial charge in [0.25, 0.3) is 0 Å². The molecule has 0 heterocycles. The smallest absolute Gasteiger partial charge is 0.155 e. The Kier molecular flexibility index (Phi) is 6.51. The van der Waals surface area contributed by atoms with Crippen molar-refractivity contribution in [2.75, 3.05) is 13.2 Å². The maximum absolute atomic E-state index is 12.3. The van der Waals surface area contributed by atoms with Crippen LogP contribution in [0.4, 0.5) is 0 Å². The first-order valence-corrected chi connectivity index (χ1v) is 13.1. The van der Waals surface area contributed by atoms with Crippen LogP contribution in [-0.2, 0) is 9.53 Å². The minimum absolute atomic E-state index is 0.0711. The largest absolute Gasteiger partial charge is 0.396 e. The number of ketones is 1. The van der Waals surface area contributed by atoms with Crippen LogP contribution in [0.15, 0.2) is 11.6 Å². The molecule has 0 saturated heterocycles. The average Bonchev–Trinajstić information content (AvgIpc) is 3.02. The Morgan fingerprint density at radius 2 is 1.87 bits per heavy atom. The Hall–Kier alpha value is -0.670. The monoisotopic (exact) mass is 430 g/mol. The van der Waals surface area contributed by atoms with E-state index >= 15 is 0 Å². The van der Waals surface area contributed by atoms with Crippen LogP contribution < -0.4 is 0 Å². The third-order valence-corrected chi connectivity index (χ3v) is 10.1. The molecule has 0 radical (unpaired) electrons. The zero-order valence-electron chi connectivity index (χ0n) is 20.7. The fourth-order valence-electron chi connectivity index (χ4n) is 8.46. The molecule has 0 bridgehead atoms. The van der Waals surface area contributed by atoms with Gasteiger partial charge in [0.05, 0.1) is 5.60 Å². The normalized spacial score (nSPS) is 42.6. The molecular formula is C28H46O3. The number of aliphatic hydroxyl groups excluding tert-OH is 1. The first kappa shape index (κ1) is 23.5. The maximum Gasteiger partial charge on any atom is 0.155 e. The Morgan fingerprint density at radius 3 is 2.58 bits per heavy atom. The van der Waals surface area contributed by atoms with Crippen LogP contribution in [0.3, 0.4) is 0 Å². The SMILES string of the molecule is CC(C)(C)OCCC[C@@H]1CC2=CC(=O)CC[C@]2(C)[C@H]2CC[C@]3(C)[C@@H](CCO)CC[C@H]3[C@H]12. The zero-order valence-corrected chi connectivity index (χ0v) is 20.7. The van der Waals surface area contributed by atoms with Gasteiger partial charge in [0.15, 0.2) is 5.78 Å². The Morgan fingerprint density at radius 1 is 1.10 bits per heavy atom. The number of hydrogen-bond acceptors (Lipinski definition) is 3. The van der Waals surface area contributed by atoms with Crippen molar-refractivity contribution < 1.29 is 14.6 Å². The van der Waals surface area contributed by atoms with Gasteiger partial charge in [0.2, 0.25) is 0 Å². The first-order valence-electron chi connectivity index (χ1n) is 13.1. The van der Waals surface area contributed by atoms with Crippen molar-refractivity contribution in [3.63, 3.8) is 0 Å². The molecule has 0 unspecified atom stereocenters. The number of fused-ring (bicyclic) bond motifs is 5. The minimum Gasteiger partial charge on any atom is -0.396 e. The van der Waals surface area contributed by atoms with Crippen molar-refractivity contribution in [3.8, 4) is 0 Å². The number of rotatable bonds is 6. The molecule has 0 aromatic heterocycles. The van der Waals surface area contributed by atoms with Crippen molar-refractivity contribution in [3.05, 3.63) is 11.6 Å². The van der Waals surface area contributed by atoms with E-state index in [1.165, 1.54) is 37.7 Å². The summed E-state index contributed by atoms with van der Waals surface area (Å²) in [5.41, 5.74) is 2.03. The molecule has 3 fully saturated rings. The van der Waals surface area contributed by atoms with Crippen molar-refractivity contribution in [1.29, 1.82) is 0 Å². The van der Waals surface area contributed by atoms with Crippen LogP contribution >= 0.6 is 0 Å². The second kappa shape index (κ2) is 8.60. The van der Waals surface area contributed by atoms with Crippen LogP contribution in [0.1, 0.15) is 98.8 Å². The molecule has 1 N–H and O–H groups in total. The average molecular weight is 431 g/mol. The second-order valence-electron chi connectivity index (χ2n) is 12.7. The van der Waals surface area contributed by atoms with E-state index in [-0.39, 0.29) is 11.0 Å². The molecule has 0 amide bonds. The summed E-state index contributed by atoms with van der Waals surface area (Å²) in [7, 11) is 0. The van der Waals surface area contributed by atoms with Gasteiger partial charge < -0.3 is 9.84 Å². The van der Waals surface area contributed by atoms with Crippen molar-refractivity contribution in [1.82, 2.24) is 0 Å². The van der Waals surface area contributed by atoms with E-state index < -0.39 is 0 Å². The van der Waals surface area contributed by atoms with E-state index in [0.29, 0.717) is 29.6 Å². The lowest BCUT2D eigenvalue weighted by molar-refractivity contribution is -0.119. The van der Waals surface area contributed by atoms with Gasteiger partial charge in [-0.2, -0.15) is 0 Å². The molecule has 3 saturated carbocycles. The maximum atomic E-state index is 12.3. The second-order valence-corrected chi connectivity index (χ2v) is 12.7. The third kappa shape index (κ3) is 4.31. The first-order chi connectivity index (χ1) is 14.6. The van der Waals surface area contributed by atoms with Gasteiger partial charge in [0, 0.05) is 19.6 Å². The van der Waals surface area contributed by atoms with Gasteiger partial charge in [-0.3, -0.25) is 4.79 Å². The van der Waals surface area contributed by atoms with E-state index in [0.717, 1.165) is 56.5 Å². The lowest BCUT2D eigenvalue weighted by Gasteiger charge is -2.60. The molecule has 4 aliphatic carbocycles. The molecule has 4 rings (SSSR count). The number of allylic oxidation sites excluding steroid dienone is 1. The highest BCUT2D eigenvalue weighted by atomic mass is 16.5. The summed E-state index contributed by atoms with van der Waals surface area (Å²) in [6, 6.07) is 0. The quantitative estimate of drug-likeness (QED) is 0.500. The molecule has 0 aromatic carbocycles. The van der Waals surface area contributed by atoms with Crippen LogP contribution in [0, 0.1) is 40.4 Å². The van der Waals surface area contributed by atoms with E-state index in [2.05, 4.69) is 40.7 Å². The Balaban J connectivity index is 1.59. The molecule has 3 nitrogen and oxygen atoms in total. The van der Waals surface area contributed by atoms with Crippen molar-refractivity contribution in [2.45, 2.75) is 104 Å². The highest BCUT2D eigenvalue weighted by Gasteiger charge is 2.60. The number of ether oxygens (including phenoxy) is 1. The summed E-state index contributed by atoms with van der Waals surface area (Å²) in [6.45, 7) is 12.6. The molecule has 4 aliphatic rings. The minimum atomic E-state index is -0.0711. The standard InChI is InChI=1S/C28H46O3/c1-26(2,3)31-16-6-7-19-17-21-18-22(30)10-13-28(21,5)24-11-14-27(4)20(12-15-29)8-9-23(27)25(19)24/h18-20,23-25,29H,6-17H2,1-5H3/t19-,20-,23+,24+,25+,27-,28+/m1/s1. The molecule has 0 aliphatic heterocycles. The molecular weight excluding hydrogens is 384 g/mol. The third-order valence-electron chi connectivity index (χ3n) is 10.1. The van der Waals surface area contributed by atoms with Gasteiger partial charge in [-0.25, -0.2) is 0 Å². The number of hydrogen-bond donors (Lipinski definition) is 1. The predicted molar refractivity (Wildman–Crippen MR) is 126 cm³/mol. The molecule has 31 heavy (non-hydrogen) atoms. The summed E-state index contributed by atoms with van der Waals surface area (Å²) >= 11 is 0. The molecule has 176 valence electrons. The number of carbonyl (C=O) groups excluding carboxylic acids is 1.